The number of carbonyl (C=O) groups excluding carboxylic acids is 1. The van der Waals surface area contributed by atoms with Gasteiger partial charge in [-0.25, -0.2) is 4.79 Å². The Hall–Kier alpha value is -1.53. The van der Waals surface area contributed by atoms with Crippen molar-refractivity contribution in [2.24, 2.45) is 0 Å². The molecule has 0 unspecified atom stereocenters. The van der Waals surface area contributed by atoms with Crippen molar-refractivity contribution in [1.82, 2.24) is 10.6 Å². The molecular weight excluding hydrogens is 219 g/mol. The number of hydrogen-bond donors (Lipinski definition) is 4. The highest BCUT2D eigenvalue weighted by molar-refractivity contribution is 6.59. The van der Waals surface area contributed by atoms with E-state index in [0.717, 1.165) is 12.8 Å². The van der Waals surface area contributed by atoms with Gasteiger partial charge in [0.2, 0.25) is 0 Å². The molecule has 1 aliphatic rings. The van der Waals surface area contributed by atoms with Gasteiger partial charge in [-0.3, -0.25) is 0 Å². The van der Waals surface area contributed by atoms with Crippen LogP contribution in [-0.4, -0.2) is 29.2 Å². The van der Waals surface area contributed by atoms with Gasteiger partial charge in [0, 0.05) is 12.6 Å². The molecule has 1 saturated carbocycles. The molecule has 1 aliphatic carbocycles. The minimum Gasteiger partial charge on any atom is -0.423 e. The molecular formula is C11H15BN2O3. The molecule has 5 nitrogen and oxygen atoms in total. The van der Waals surface area contributed by atoms with Gasteiger partial charge in [-0.1, -0.05) is 24.3 Å². The minimum atomic E-state index is -1.51. The highest BCUT2D eigenvalue weighted by Gasteiger charge is 2.23. The predicted molar refractivity (Wildman–Crippen MR) is 64.7 cm³/mol. The number of hydrogen-bond acceptors (Lipinski definition) is 3. The van der Waals surface area contributed by atoms with E-state index in [9.17, 15) is 4.79 Å². The summed E-state index contributed by atoms with van der Waals surface area (Å²) in [4.78, 5) is 11.4. The zero-order valence-corrected chi connectivity index (χ0v) is 9.39. The van der Waals surface area contributed by atoms with E-state index >= 15 is 0 Å². The van der Waals surface area contributed by atoms with E-state index in [1.807, 2.05) is 0 Å². The normalized spacial score (nSPS) is 14.2. The second-order valence-electron chi connectivity index (χ2n) is 4.17. The maximum absolute atomic E-state index is 11.4. The molecule has 17 heavy (non-hydrogen) atoms. The van der Waals surface area contributed by atoms with Crippen molar-refractivity contribution in [3.05, 3.63) is 29.8 Å². The topological polar surface area (TPSA) is 81.6 Å². The highest BCUT2D eigenvalue weighted by atomic mass is 16.4. The third-order valence-electron chi connectivity index (χ3n) is 2.69. The number of amides is 2. The maximum Gasteiger partial charge on any atom is 0.488 e. The van der Waals surface area contributed by atoms with Crippen molar-refractivity contribution < 1.29 is 14.8 Å². The summed E-state index contributed by atoms with van der Waals surface area (Å²) in [5, 5.41) is 23.8. The number of urea groups is 1. The van der Waals surface area contributed by atoms with Crippen molar-refractivity contribution in [1.29, 1.82) is 0 Å². The van der Waals surface area contributed by atoms with Crippen molar-refractivity contribution in [3.8, 4) is 0 Å². The van der Waals surface area contributed by atoms with E-state index in [0.29, 0.717) is 17.1 Å². The van der Waals surface area contributed by atoms with E-state index in [1.54, 1.807) is 24.3 Å². The smallest absolute Gasteiger partial charge is 0.423 e. The molecule has 0 aromatic heterocycles. The first kappa shape index (κ1) is 11.9. The number of carbonyl (C=O) groups is 1. The summed E-state index contributed by atoms with van der Waals surface area (Å²) in [5.74, 6) is 0. The minimum absolute atomic E-state index is 0.213. The summed E-state index contributed by atoms with van der Waals surface area (Å²) in [6, 6.07) is 7.00. The SMILES string of the molecule is O=C(NCc1ccccc1B(O)O)NC1CC1. The Kier molecular flexibility index (Phi) is 3.66. The molecule has 0 bridgehead atoms. The molecule has 0 spiro atoms. The van der Waals surface area contributed by atoms with Gasteiger partial charge in [-0.05, 0) is 23.9 Å². The summed E-state index contributed by atoms with van der Waals surface area (Å²) < 4.78 is 0. The summed E-state index contributed by atoms with van der Waals surface area (Å²) in [6.45, 7) is 0.284. The maximum atomic E-state index is 11.4. The zero-order chi connectivity index (χ0) is 12.3. The third kappa shape index (κ3) is 3.47. The first-order valence-electron chi connectivity index (χ1n) is 5.65. The number of benzene rings is 1. The molecule has 1 aromatic carbocycles. The van der Waals surface area contributed by atoms with Gasteiger partial charge < -0.3 is 20.7 Å². The van der Waals surface area contributed by atoms with Gasteiger partial charge in [-0.15, -0.1) is 0 Å². The lowest BCUT2D eigenvalue weighted by Gasteiger charge is -2.10. The molecule has 1 aromatic rings. The summed E-state index contributed by atoms with van der Waals surface area (Å²) in [6.07, 6.45) is 2.08. The molecule has 6 heteroatoms. The molecule has 90 valence electrons. The van der Waals surface area contributed by atoms with Crippen molar-refractivity contribution in [2.45, 2.75) is 25.4 Å². The third-order valence-corrected chi connectivity index (χ3v) is 2.69. The summed E-state index contributed by atoms with van der Waals surface area (Å²) in [5.41, 5.74) is 1.12. The zero-order valence-electron chi connectivity index (χ0n) is 9.39. The molecule has 4 N–H and O–H groups in total. The van der Waals surface area contributed by atoms with Gasteiger partial charge in [0.15, 0.2) is 0 Å². The Bertz CT molecular complexity index is 407. The average Bonchev–Trinajstić information content (AvgIpc) is 3.10. The Morgan fingerprint density at radius 1 is 1.35 bits per heavy atom. The van der Waals surface area contributed by atoms with Crippen molar-refractivity contribution >= 4 is 18.6 Å². The van der Waals surface area contributed by atoms with Gasteiger partial charge in [0.1, 0.15) is 0 Å². The Morgan fingerprint density at radius 2 is 2.06 bits per heavy atom. The summed E-state index contributed by atoms with van der Waals surface area (Å²) >= 11 is 0. The predicted octanol–water partition coefficient (Wildman–Crippen LogP) is -0.672. The monoisotopic (exact) mass is 234 g/mol. The van der Waals surface area contributed by atoms with Crippen LogP contribution >= 0.6 is 0 Å². The molecule has 2 amide bonds. The van der Waals surface area contributed by atoms with Gasteiger partial charge in [0.05, 0.1) is 0 Å². The van der Waals surface area contributed by atoms with Crippen LogP contribution in [0.3, 0.4) is 0 Å². The van der Waals surface area contributed by atoms with Crippen LogP contribution < -0.4 is 16.1 Å². The van der Waals surface area contributed by atoms with Crippen LogP contribution in [-0.2, 0) is 6.54 Å². The van der Waals surface area contributed by atoms with Crippen LogP contribution in [0.15, 0.2) is 24.3 Å². The lowest BCUT2D eigenvalue weighted by atomic mass is 9.77. The molecule has 2 rings (SSSR count). The fourth-order valence-electron chi connectivity index (χ4n) is 1.59. The molecule has 0 atom stereocenters. The standard InChI is InChI=1S/C11H15BN2O3/c15-11(14-9-5-6-9)13-7-8-3-1-2-4-10(8)12(16)17/h1-4,9,16-17H,5-7H2,(H2,13,14,15). The molecule has 0 saturated heterocycles. The number of nitrogens with one attached hydrogen (secondary N) is 2. The van der Waals surface area contributed by atoms with E-state index in [2.05, 4.69) is 10.6 Å². The van der Waals surface area contributed by atoms with E-state index in [-0.39, 0.29) is 12.6 Å². The van der Waals surface area contributed by atoms with Crippen molar-refractivity contribution in [3.63, 3.8) is 0 Å². The molecule has 0 heterocycles. The fourth-order valence-corrected chi connectivity index (χ4v) is 1.59. The lowest BCUT2D eigenvalue weighted by molar-refractivity contribution is 0.240. The van der Waals surface area contributed by atoms with Gasteiger partial charge in [-0.2, -0.15) is 0 Å². The Balaban J connectivity index is 1.90. The molecule has 0 radical (unpaired) electrons. The Morgan fingerprint density at radius 3 is 2.71 bits per heavy atom. The first-order valence-corrected chi connectivity index (χ1v) is 5.65. The second-order valence-corrected chi connectivity index (χ2v) is 4.17. The van der Waals surface area contributed by atoms with E-state index < -0.39 is 7.12 Å². The number of rotatable bonds is 4. The first-order chi connectivity index (χ1) is 8.16. The van der Waals surface area contributed by atoms with Gasteiger partial charge in [0.25, 0.3) is 0 Å². The van der Waals surface area contributed by atoms with E-state index in [1.165, 1.54) is 0 Å². The van der Waals surface area contributed by atoms with E-state index in [4.69, 9.17) is 10.0 Å². The quantitative estimate of drug-likeness (QED) is 0.521. The molecule has 1 fully saturated rings. The summed E-state index contributed by atoms with van der Waals surface area (Å²) in [7, 11) is -1.51. The highest BCUT2D eigenvalue weighted by Crippen LogP contribution is 2.18. The van der Waals surface area contributed by atoms with Crippen LogP contribution in [0.2, 0.25) is 0 Å². The lowest BCUT2D eigenvalue weighted by Crippen LogP contribution is -2.39. The van der Waals surface area contributed by atoms with Crippen LogP contribution in [0, 0.1) is 0 Å². The second kappa shape index (κ2) is 5.20. The average molecular weight is 234 g/mol. The Labute approximate surface area is 100.0 Å². The van der Waals surface area contributed by atoms with Crippen LogP contribution in [0.4, 0.5) is 4.79 Å². The van der Waals surface area contributed by atoms with Crippen LogP contribution in [0.5, 0.6) is 0 Å². The largest absolute Gasteiger partial charge is 0.488 e. The molecule has 0 aliphatic heterocycles. The van der Waals surface area contributed by atoms with Crippen LogP contribution in [0.1, 0.15) is 18.4 Å². The van der Waals surface area contributed by atoms with Crippen molar-refractivity contribution in [2.75, 3.05) is 0 Å². The van der Waals surface area contributed by atoms with Crippen LogP contribution in [0.25, 0.3) is 0 Å². The fraction of sp³-hybridized carbons (Fsp3) is 0.364. The van der Waals surface area contributed by atoms with Gasteiger partial charge >= 0.3 is 13.1 Å².